The van der Waals surface area contributed by atoms with Gasteiger partial charge in [0.1, 0.15) is 0 Å². The number of aldehydes is 2. The molecule has 0 N–H and O–H groups in total. The maximum absolute atomic E-state index is 11.0. The first-order valence-electron chi connectivity index (χ1n) is 8.63. The van der Waals surface area contributed by atoms with E-state index in [-0.39, 0.29) is 0 Å². The Morgan fingerprint density at radius 1 is 0.731 bits per heavy atom. The van der Waals surface area contributed by atoms with Gasteiger partial charge in [0.2, 0.25) is 0 Å². The van der Waals surface area contributed by atoms with Crippen molar-refractivity contribution >= 4 is 12.6 Å². The minimum Gasteiger partial charge on any atom is -0.377 e. The second-order valence-corrected chi connectivity index (χ2v) is 6.08. The summed E-state index contributed by atoms with van der Waals surface area (Å²) < 4.78 is 14.7. The van der Waals surface area contributed by atoms with Crippen molar-refractivity contribution in [3.05, 3.63) is 33.9 Å². The maximum atomic E-state index is 11.0. The molecule has 2 aromatic rings. The molecule has 0 amide bonds. The molecule has 0 fully saturated rings. The number of aromatic nitrogens is 4. The average Bonchev–Trinajstić information content (AvgIpc) is 3.04. The highest BCUT2D eigenvalue weighted by Gasteiger charge is 2.11. The molecule has 26 heavy (non-hydrogen) atoms. The Balaban J connectivity index is 1.61. The van der Waals surface area contributed by atoms with E-state index in [1.807, 2.05) is 27.7 Å². The molecule has 0 aliphatic carbocycles. The third kappa shape index (κ3) is 4.64. The Labute approximate surface area is 153 Å². The van der Waals surface area contributed by atoms with Crippen molar-refractivity contribution in [2.24, 2.45) is 0 Å². The van der Waals surface area contributed by atoms with E-state index in [1.165, 1.54) is 0 Å². The summed E-state index contributed by atoms with van der Waals surface area (Å²) in [5.41, 5.74) is 4.49. The second kappa shape index (κ2) is 9.40. The normalized spacial score (nSPS) is 11.1. The quantitative estimate of drug-likeness (QED) is 0.446. The highest BCUT2D eigenvalue weighted by atomic mass is 16.5. The van der Waals surface area contributed by atoms with Crippen LogP contribution in [0.3, 0.4) is 0 Å². The van der Waals surface area contributed by atoms with E-state index >= 15 is 0 Å². The van der Waals surface area contributed by atoms with Crippen LogP contribution in [-0.4, -0.2) is 58.6 Å². The molecule has 0 unspecified atom stereocenters. The van der Waals surface area contributed by atoms with E-state index in [2.05, 4.69) is 10.2 Å². The molecule has 2 aromatic heterocycles. The molecule has 0 aromatic carbocycles. The monoisotopic (exact) mass is 362 g/mol. The number of nitrogens with zero attached hydrogens (tertiary/aromatic N) is 4. The predicted molar refractivity (Wildman–Crippen MR) is 95.8 cm³/mol. The van der Waals surface area contributed by atoms with E-state index in [0.29, 0.717) is 50.6 Å². The van der Waals surface area contributed by atoms with Crippen LogP contribution in [0.4, 0.5) is 0 Å². The van der Waals surface area contributed by atoms with Crippen LogP contribution in [0.5, 0.6) is 0 Å². The molecule has 0 atom stereocenters. The summed E-state index contributed by atoms with van der Waals surface area (Å²) in [7, 11) is 0. The van der Waals surface area contributed by atoms with Crippen LogP contribution in [0, 0.1) is 27.7 Å². The molecule has 0 saturated carbocycles. The second-order valence-electron chi connectivity index (χ2n) is 6.08. The lowest BCUT2D eigenvalue weighted by atomic mass is 10.2. The summed E-state index contributed by atoms with van der Waals surface area (Å²) in [4.78, 5) is 21.9. The van der Waals surface area contributed by atoms with Crippen molar-refractivity contribution in [2.45, 2.75) is 40.8 Å². The number of carbonyl (C=O) groups excluding carboxylic acids is 2. The fourth-order valence-corrected chi connectivity index (χ4v) is 2.82. The SMILES string of the molecule is Cc1nn(CCOCCOCCn2nc(C)c(C=O)c2C)c(C)c1C=O. The van der Waals surface area contributed by atoms with Gasteiger partial charge in [0.05, 0.1) is 62.0 Å². The van der Waals surface area contributed by atoms with Gasteiger partial charge < -0.3 is 9.47 Å². The molecule has 8 nitrogen and oxygen atoms in total. The minimum absolute atomic E-state index is 0.483. The first-order chi connectivity index (χ1) is 12.5. The van der Waals surface area contributed by atoms with Crippen molar-refractivity contribution < 1.29 is 19.1 Å². The van der Waals surface area contributed by atoms with Gasteiger partial charge in [-0.3, -0.25) is 19.0 Å². The van der Waals surface area contributed by atoms with Crippen LogP contribution < -0.4 is 0 Å². The van der Waals surface area contributed by atoms with Gasteiger partial charge >= 0.3 is 0 Å². The molecule has 0 bridgehead atoms. The molecule has 0 aliphatic heterocycles. The van der Waals surface area contributed by atoms with Gasteiger partial charge in [0, 0.05) is 11.4 Å². The zero-order valence-electron chi connectivity index (χ0n) is 15.8. The molecule has 142 valence electrons. The maximum Gasteiger partial charge on any atom is 0.153 e. The lowest BCUT2D eigenvalue weighted by molar-refractivity contribution is 0.0401. The van der Waals surface area contributed by atoms with Crippen LogP contribution in [-0.2, 0) is 22.6 Å². The largest absolute Gasteiger partial charge is 0.377 e. The molecule has 0 radical (unpaired) electrons. The van der Waals surface area contributed by atoms with Crippen molar-refractivity contribution in [3.63, 3.8) is 0 Å². The van der Waals surface area contributed by atoms with Crippen molar-refractivity contribution in [3.8, 4) is 0 Å². The fraction of sp³-hybridized carbons (Fsp3) is 0.556. The molecule has 0 aliphatic rings. The predicted octanol–water partition coefficient (Wildman–Crippen LogP) is 1.67. The summed E-state index contributed by atoms with van der Waals surface area (Å²) in [6.45, 7) is 10.6. The Bertz CT molecular complexity index is 700. The van der Waals surface area contributed by atoms with Gasteiger partial charge in [-0.05, 0) is 27.7 Å². The standard InChI is InChI=1S/C18H26N4O4/c1-13-17(11-23)15(3)21(19-13)5-7-25-9-10-26-8-6-22-16(4)18(12-24)14(2)20-22/h11-12H,5-10H2,1-4H3. The van der Waals surface area contributed by atoms with Gasteiger partial charge in [-0.25, -0.2) is 0 Å². The van der Waals surface area contributed by atoms with Crippen LogP contribution >= 0.6 is 0 Å². The lowest BCUT2D eigenvalue weighted by Crippen LogP contribution is -2.14. The van der Waals surface area contributed by atoms with E-state index in [0.717, 1.165) is 35.3 Å². The van der Waals surface area contributed by atoms with Crippen molar-refractivity contribution in [2.75, 3.05) is 26.4 Å². The number of hydrogen-bond donors (Lipinski definition) is 0. The molecule has 8 heteroatoms. The Kier molecular flexibility index (Phi) is 7.23. The summed E-state index contributed by atoms with van der Waals surface area (Å²) in [5, 5.41) is 8.65. The smallest absolute Gasteiger partial charge is 0.153 e. The summed E-state index contributed by atoms with van der Waals surface area (Å²) >= 11 is 0. The van der Waals surface area contributed by atoms with Crippen LogP contribution in [0.15, 0.2) is 0 Å². The zero-order chi connectivity index (χ0) is 19.1. The van der Waals surface area contributed by atoms with Crippen molar-refractivity contribution in [1.29, 1.82) is 0 Å². The van der Waals surface area contributed by atoms with Crippen LogP contribution in [0.2, 0.25) is 0 Å². The van der Waals surface area contributed by atoms with E-state index < -0.39 is 0 Å². The number of hydrogen-bond acceptors (Lipinski definition) is 6. The van der Waals surface area contributed by atoms with Crippen molar-refractivity contribution in [1.82, 2.24) is 19.6 Å². The molecule has 0 saturated heterocycles. The third-order valence-electron chi connectivity index (χ3n) is 4.38. The van der Waals surface area contributed by atoms with E-state index in [1.54, 1.807) is 9.36 Å². The van der Waals surface area contributed by atoms with Gasteiger partial charge in [0.15, 0.2) is 12.6 Å². The molecule has 2 heterocycles. The highest BCUT2D eigenvalue weighted by molar-refractivity contribution is 5.78. The number of carbonyl (C=O) groups is 2. The summed E-state index contributed by atoms with van der Waals surface area (Å²) in [6, 6.07) is 0. The number of rotatable bonds is 11. The van der Waals surface area contributed by atoms with Gasteiger partial charge in [-0.15, -0.1) is 0 Å². The average molecular weight is 362 g/mol. The Hall–Kier alpha value is -2.32. The fourth-order valence-electron chi connectivity index (χ4n) is 2.82. The third-order valence-corrected chi connectivity index (χ3v) is 4.38. The first kappa shape index (κ1) is 20.0. The Morgan fingerprint density at radius 3 is 1.42 bits per heavy atom. The molecule has 2 rings (SSSR count). The summed E-state index contributed by atoms with van der Waals surface area (Å²) in [6.07, 6.45) is 1.67. The van der Waals surface area contributed by atoms with E-state index in [4.69, 9.17) is 9.47 Å². The number of ether oxygens (including phenoxy) is 2. The topological polar surface area (TPSA) is 88.2 Å². The van der Waals surface area contributed by atoms with Crippen LogP contribution in [0.1, 0.15) is 43.5 Å². The molecule has 0 spiro atoms. The highest BCUT2D eigenvalue weighted by Crippen LogP contribution is 2.10. The van der Waals surface area contributed by atoms with Gasteiger partial charge in [0.25, 0.3) is 0 Å². The van der Waals surface area contributed by atoms with E-state index in [9.17, 15) is 9.59 Å². The zero-order valence-corrected chi connectivity index (χ0v) is 15.8. The first-order valence-corrected chi connectivity index (χ1v) is 8.63. The molecular weight excluding hydrogens is 336 g/mol. The minimum atomic E-state index is 0.483. The summed E-state index contributed by atoms with van der Waals surface area (Å²) in [5.74, 6) is 0. The molecular formula is C18H26N4O4. The Morgan fingerprint density at radius 2 is 1.12 bits per heavy atom. The van der Waals surface area contributed by atoms with Crippen LogP contribution in [0.25, 0.3) is 0 Å². The number of aryl methyl sites for hydroxylation is 2. The lowest BCUT2D eigenvalue weighted by Gasteiger charge is -2.08. The van der Waals surface area contributed by atoms with Gasteiger partial charge in [-0.2, -0.15) is 10.2 Å². The van der Waals surface area contributed by atoms with Gasteiger partial charge in [-0.1, -0.05) is 0 Å².